The number of fused-ring (bicyclic) bond motifs is 1. The maximum absolute atomic E-state index is 13.0. The van der Waals surface area contributed by atoms with Gasteiger partial charge >= 0.3 is 0 Å². The predicted octanol–water partition coefficient (Wildman–Crippen LogP) is 3.60. The summed E-state index contributed by atoms with van der Waals surface area (Å²) < 4.78 is 6.85. The molecule has 3 aromatic rings. The molecule has 6 heteroatoms. The molecule has 3 rings (SSSR count). The van der Waals surface area contributed by atoms with Gasteiger partial charge in [-0.3, -0.25) is 14.2 Å². The van der Waals surface area contributed by atoms with Crippen LogP contribution in [0.2, 0.25) is 0 Å². The summed E-state index contributed by atoms with van der Waals surface area (Å²) in [5.74, 6) is 1.54. The second-order valence-corrected chi connectivity index (χ2v) is 7.36. The average Bonchev–Trinajstić information content (AvgIpc) is 3.05. The molecule has 0 aliphatic rings. The lowest BCUT2D eigenvalue weighted by Gasteiger charge is -2.12. The highest BCUT2D eigenvalue weighted by Gasteiger charge is 2.15. The molecule has 0 spiro atoms. The van der Waals surface area contributed by atoms with Crippen LogP contribution >= 0.6 is 11.3 Å². The fourth-order valence-corrected chi connectivity index (χ4v) is 3.82. The summed E-state index contributed by atoms with van der Waals surface area (Å²) in [6.45, 7) is 3.97. The molecule has 2 heterocycles. The van der Waals surface area contributed by atoms with Crippen molar-refractivity contribution in [2.24, 2.45) is 0 Å². The number of carbonyl (C=O) groups is 1. The van der Waals surface area contributed by atoms with Gasteiger partial charge < -0.3 is 4.74 Å². The number of benzene rings is 1. The third-order valence-electron chi connectivity index (χ3n) is 4.34. The Bertz CT molecular complexity index is 987. The molecule has 5 nitrogen and oxygen atoms in total. The van der Waals surface area contributed by atoms with Crippen LogP contribution in [0.1, 0.15) is 36.5 Å². The number of nitrogens with zero attached hydrogens (tertiary/aromatic N) is 2. The summed E-state index contributed by atoms with van der Waals surface area (Å²) in [5, 5.41) is 0.647. The van der Waals surface area contributed by atoms with Gasteiger partial charge in [-0.2, -0.15) is 0 Å². The van der Waals surface area contributed by atoms with Crippen molar-refractivity contribution in [3.05, 3.63) is 57.0 Å². The summed E-state index contributed by atoms with van der Waals surface area (Å²) in [6.07, 6.45) is 1.74. The predicted molar refractivity (Wildman–Crippen MR) is 104 cm³/mol. The number of ether oxygens (including phenoxy) is 1. The zero-order valence-corrected chi connectivity index (χ0v) is 16.1. The Morgan fingerprint density at radius 2 is 2.00 bits per heavy atom. The van der Waals surface area contributed by atoms with E-state index in [1.165, 1.54) is 0 Å². The number of Topliss-reactive ketones (excluding diaryl/α,β-unsaturated/α-hetero) is 1. The molecule has 136 valence electrons. The number of ketones is 1. The van der Waals surface area contributed by atoms with E-state index in [-0.39, 0.29) is 11.3 Å². The van der Waals surface area contributed by atoms with Crippen LogP contribution in [0.5, 0.6) is 5.75 Å². The fourth-order valence-electron chi connectivity index (χ4n) is 2.84. The van der Waals surface area contributed by atoms with Crippen LogP contribution in [0.3, 0.4) is 0 Å². The maximum Gasteiger partial charge on any atom is 0.262 e. The third kappa shape index (κ3) is 3.85. The molecule has 0 fully saturated rings. The third-order valence-corrected chi connectivity index (χ3v) is 5.51. The number of carbonyl (C=O) groups excluding carboxylic acids is 1. The van der Waals surface area contributed by atoms with Crippen molar-refractivity contribution in [1.82, 2.24) is 9.55 Å². The quantitative estimate of drug-likeness (QED) is 0.637. The van der Waals surface area contributed by atoms with E-state index in [0.717, 1.165) is 27.4 Å². The van der Waals surface area contributed by atoms with Crippen molar-refractivity contribution in [2.45, 2.75) is 39.7 Å². The molecular weight excluding hydrogens is 348 g/mol. The van der Waals surface area contributed by atoms with Gasteiger partial charge in [-0.15, -0.1) is 11.3 Å². The number of aryl methyl sites for hydroxylation is 1. The first-order chi connectivity index (χ1) is 12.5. The second kappa shape index (κ2) is 7.83. The van der Waals surface area contributed by atoms with Crippen molar-refractivity contribution in [3.63, 3.8) is 0 Å². The molecule has 2 aromatic heterocycles. The number of aromatic nitrogens is 2. The van der Waals surface area contributed by atoms with Crippen molar-refractivity contribution in [2.75, 3.05) is 7.11 Å². The average molecular weight is 370 g/mol. The Morgan fingerprint density at radius 1 is 1.27 bits per heavy atom. The van der Waals surface area contributed by atoms with Gasteiger partial charge in [0, 0.05) is 24.3 Å². The van der Waals surface area contributed by atoms with Crippen molar-refractivity contribution in [1.29, 1.82) is 0 Å². The summed E-state index contributed by atoms with van der Waals surface area (Å²) in [5.41, 5.74) is 0.983. The first-order valence-electron chi connectivity index (χ1n) is 8.66. The Balaban J connectivity index is 2.05. The van der Waals surface area contributed by atoms with E-state index in [2.05, 4.69) is 6.92 Å². The van der Waals surface area contributed by atoms with Crippen LogP contribution < -0.4 is 10.3 Å². The van der Waals surface area contributed by atoms with Crippen LogP contribution in [-0.2, 0) is 24.2 Å². The largest absolute Gasteiger partial charge is 0.497 e. The van der Waals surface area contributed by atoms with Crippen molar-refractivity contribution in [3.8, 4) is 5.75 Å². The molecule has 0 aliphatic carbocycles. The van der Waals surface area contributed by atoms with E-state index < -0.39 is 0 Å². The van der Waals surface area contributed by atoms with Crippen LogP contribution in [-0.4, -0.2) is 22.4 Å². The van der Waals surface area contributed by atoms with Gasteiger partial charge in [0.25, 0.3) is 5.56 Å². The lowest BCUT2D eigenvalue weighted by atomic mass is 10.1. The van der Waals surface area contributed by atoms with Gasteiger partial charge in [-0.05, 0) is 37.1 Å². The highest BCUT2D eigenvalue weighted by molar-refractivity contribution is 7.18. The van der Waals surface area contributed by atoms with Crippen LogP contribution in [0.15, 0.2) is 35.1 Å². The molecule has 26 heavy (non-hydrogen) atoms. The molecule has 0 bridgehead atoms. The number of rotatable bonds is 7. The van der Waals surface area contributed by atoms with E-state index in [9.17, 15) is 9.59 Å². The minimum Gasteiger partial charge on any atom is -0.497 e. The molecule has 0 unspecified atom stereocenters. The monoisotopic (exact) mass is 370 g/mol. The highest BCUT2D eigenvalue weighted by atomic mass is 32.1. The van der Waals surface area contributed by atoms with Crippen LogP contribution in [0, 0.1) is 0 Å². The Hall–Kier alpha value is -2.47. The highest BCUT2D eigenvalue weighted by Crippen LogP contribution is 2.23. The lowest BCUT2D eigenvalue weighted by Crippen LogP contribution is -2.26. The van der Waals surface area contributed by atoms with Gasteiger partial charge in [0.2, 0.25) is 0 Å². The standard InChI is InChI=1S/C20H22N2O3S/c1-4-16-12-17-19(26-16)21-18(22(20(17)24)10-9-13(2)23)11-14-5-7-15(25-3)8-6-14/h5-8,12H,4,9-11H2,1-3H3. The molecule has 1 aromatic carbocycles. The number of hydrogen-bond donors (Lipinski definition) is 0. The summed E-state index contributed by atoms with van der Waals surface area (Å²) in [7, 11) is 1.63. The van der Waals surface area contributed by atoms with Gasteiger partial charge in [0.1, 0.15) is 22.2 Å². The normalized spacial score (nSPS) is 11.0. The minimum atomic E-state index is -0.0595. The smallest absolute Gasteiger partial charge is 0.262 e. The summed E-state index contributed by atoms with van der Waals surface area (Å²) >= 11 is 1.56. The number of hydrogen-bond acceptors (Lipinski definition) is 5. The molecule has 0 radical (unpaired) electrons. The van der Waals surface area contributed by atoms with Crippen molar-refractivity contribution < 1.29 is 9.53 Å². The van der Waals surface area contributed by atoms with Crippen LogP contribution in [0.4, 0.5) is 0 Å². The summed E-state index contributed by atoms with van der Waals surface area (Å²) in [4.78, 5) is 31.1. The zero-order valence-electron chi connectivity index (χ0n) is 15.2. The fraction of sp³-hybridized carbons (Fsp3) is 0.350. The SMILES string of the molecule is CCc1cc2c(=O)n(CCC(C)=O)c(Cc3ccc(OC)cc3)nc2s1. The number of thiophene rings is 1. The van der Waals surface area contributed by atoms with Crippen LogP contribution in [0.25, 0.3) is 10.2 Å². The number of methoxy groups -OCH3 is 1. The second-order valence-electron chi connectivity index (χ2n) is 6.25. The van der Waals surface area contributed by atoms with Gasteiger partial charge in [0.15, 0.2) is 0 Å². The van der Waals surface area contributed by atoms with Crippen molar-refractivity contribution >= 4 is 27.3 Å². The van der Waals surface area contributed by atoms with E-state index in [1.807, 2.05) is 30.3 Å². The zero-order chi connectivity index (χ0) is 18.7. The first kappa shape index (κ1) is 18.3. The van der Waals surface area contributed by atoms with E-state index in [0.29, 0.717) is 30.6 Å². The topological polar surface area (TPSA) is 61.2 Å². The molecule has 0 saturated carbocycles. The molecule has 0 amide bonds. The van der Waals surface area contributed by atoms with E-state index >= 15 is 0 Å². The molecule has 0 atom stereocenters. The Labute approximate surface area is 156 Å². The maximum atomic E-state index is 13.0. The molecule has 0 aliphatic heterocycles. The molecular formula is C20H22N2O3S. The molecule has 0 N–H and O–H groups in total. The Morgan fingerprint density at radius 3 is 2.62 bits per heavy atom. The minimum absolute atomic E-state index is 0.0595. The first-order valence-corrected chi connectivity index (χ1v) is 9.48. The van der Waals surface area contributed by atoms with E-state index in [4.69, 9.17) is 9.72 Å². The Kier molecular flexibility index (Phi) is 5.52. The van der Waals surface area contributed by atoms with Gasteiger partial charge in [0.05, 0.1) is 12.5 Å². The lowest BCUT2D eigenvalue weighted by molar-refractivity contribution is -0.117. The van der Waals surface area contributed by atoms with Gasteiger partial charge in [-0.1, -0.05) is 19.1 Å². The molecule has 0 saturated heterocycles. The van der Waals surface area contributed by atoms with E-state index in [1.54, 1.807) is 29.9 Å². The van der Waals surface area contributed by atoms with Gasteiger partial charge in [-0.25, -0.2) is 4.98 Å². The summed E-state index contributed by atoms with van der Waals surface area (Å²) in [6, 6.07) is 9.65.